The summed E-state index contributed by atoms with van der Waals surface area (Å²) in [5.41, 5.74) is 0.513. The predicted molar refractivity (Wildman–Crippen MR) is 82.5 cm³/mol. The zero-order valence-corrected chi connectivity index (χ0v) is 13.1. The molecule has 1 aromatic rings. The number of carboxylic acids is 1. The lowest BCUT2D eigenvalue weighted by Crippen LogP contribution is -2.39. The number of rotatable bonds is 5. The molecule has 3 atom stereocenters. The number of halogens is 1. The first-order valence-electron chi connectivity index (χ1n) is 7.45. The van der Waals surface area contributed by atoms with Crippen molar-refractivity contribution in [2.24, 2.45) is 11.8 Å². The lowest BCUT2D eigenvalue weighted by molar-refractivity contribution is -0.147. The quantitative estimate of drug-likeness (QED) is 0.818. The molecule has 1 aliphatic carbocycles. The van der Waals surface area contributed by atoms with Gasteiger partial charge < -0.3 is 15.2 Å². The molecule has 0 spiro atoms. The van der Waals surface area contributed by atoms with Crippen molar-refractivity contribution in [1.82, 2.24) is 5.32 Å². The van der Waals surface area contributed by atoms with Crippen LogP contribution in [0, 0.1) is 17.7 Å². The number of ether oxygens (including phenoxy) is 1. The predicted octanol–water partition coefficient (Wildman–Crippen LogP) is 2.68. The van der Waals surface area contributed by atoms with Crippen LogP contribution in [-0.2, 0) is 9.59 Å². The van der Waals surface area contributed by atoms with Crippen LogP contribution in [0.25, 0.3) is 0 Å². The van der Waals surface area contributed by atoms with Crippen molar-refractivity contribution >= 4 is 11.9 Å². The molecule has 5 nitrogen and oxygen atoms in total. The average Bonchev–Trinajstić information content (AvgIpc) is 2.54. The van der Waals surface area contributed by atoms with Crippen LogP contribution in [0.1, 0.15) is 31.4 Å². The molecule has 0 unspecified atom stereocenters. The Kier molecular flexibility index (Phi) is 5.36. The summed E-state index contributed by atoms with van der Waals surface area (Å²) in [4.78, 5) is 23.7. The fourth-order valence-electron chi connectivity index (χ4n) is 2.82. The number of allylic oxidation sites excluding steroid dienone is 2. The smallest absolute Gasteiger partial charge is 0.307 e. The lowest BCUT2D eigenvalue weighted by atomic mass is 9.82. The highest BCUT2D eigenvalue weighted by Crippen LogP contribution is 2.29. The van der Waals surface area contributed by atoms with Crippen LogP contribution >= 0.6 is 0 Å². The second-order valence-electron chi connectivity index (χ2n) is 5.61. The third-order valence-corrected chi connectivity index (χ3v) is 4.10. The Morgan fingerprint density at radius 3 is 2.57 bits per heavy atom. The van der Waals surface area contributed by atoms with E-state index in [1.165, 1.54) is 25.3 Å². The molecule has 0 radical (unpaired) electrons. The van der Waals surface area contributed by atoms with E-state index in [-0.39, 0.29) is 5.91 Å². The number of amides is 1. The Morgan fingerprint density at radius 2 is 1.96 bits per heavy atom. The number of nitrogens with one attached hydrogen (secondary N) is 1. The van der Waals surface area contributed by atoms with Gasteiger partial charge in [-0.2, -0.15) is 0 Å². The number of benzene rings is 1. The largest absolute Gasteiger partial charge is 0.496 e. The van der Waals surface area contributed by atoms with Crippen molar-refractivity contribution in [1.29, 1.82) is 0 Å². The molecule has 0 aromatic heterocycles. The molecular formula is C17H20FNO4. The van der Waals surface area contributed by atoms with Gasteiger partial charge in [0, 0.05) is 5.56 Å². The molecule has 124 valence electrons. The van der Waals surface area contributed by atoms with Crippen molar-refractivity contribution in [2.45, 2.75) is 25.8 Å². The maximum Gasteiger partial charge on any atom is 0.307 e. The minimum atomic E-state index is -0.981. The van der Waals surface area contributed by atoms with Crippen molar-refractivity contribution in [3.63, 3.8) is 0 Å². The van der Waals surface area contributed by atoms with Gasteiger partial charge in [-0.1, -0.05) is 12.2 Å². The van der Waals surface area contributed by atoms with E-state index in [4.69, 9.17) is 4.74 Å². The van der Waals surface area contributed by atoms with Crippen LogP contribution in [0.5, 0.6) is 5.75 Å². The van der Waals surface area contributed by atoms with Crippen LogP contribution in [-0.4, -0.2) is 24.1 Å². The topological polar surface area (TPSA) is 75.6 Å². The first kappa shape index (κ1) is 17.0. The molecule has 1 aromatic carbocycles. The van der Waals surface area contributed by atoms with Gasteiger partial charge in [0.1, 0.15) is 11.6 Å². The summed E-state index contributed by atoms with van der Waals surface area (Å²) in [5.74, 6) is -2.64. The number of aliphatic carboxylic acids is 1. The first-order chi connectivity index (χ1) is 10.9. The Labute approximate surface area is 134 Å². The Bertz CT molecular complexity index is 629. The van der Waals surface area contributed by atoms with Gasteiger partial charge in [-0.15, -0.1) is 0 Å². The van der Waals surface area contributed by atoms with E-state index in [1.54, 1.807) is 13.0 Å². The van der Waals surface area contributed by atoms with Gasteiger partial charge in [-0.25, -0.2) is 4.39 Å². The van der Waals surface area contributed by atoms with Crippen LogP contribution in [0.4, 0.5) is 4.39 Å². The second kappa shape index (κ2) is 7.26. The molecule has 1 aliphatic rings. The number of hydrogen-bond donors (Lipinski definition) is 2. The maximum absolute atomic E-state index is 13.4. The zero-order chi connectivity index (χ0) is 17.0. The summed E-state index contributed by atoms with van der Waals surface area (Å²) in [7, 11) is 1.47. The van der Waals surface area contributed by atoms with Crippen LogP contribution in [0.2, 0.25) is 0 Å². The first-order valence-corrected chi connectivity index (χ1v) is 7.45. The van der Waals surface area contributed by atoms with Crippen LogP contribution in [0.3, 0.4) is 0 Å². The number of carboxylic acid groups (broad SMARTS) is 1. The summed E-state index contributed by atoms with van der Waals surface area (Å²) in [6.45, 7) is 1.71. The molecule has 2 N–H and O–H groups in total. The molecule has 1 amide bonds. The van der Waals surface area contributed by atoms with Gasteiger partial charge >= 0.3 is 5.97 Å². The maximum atomic E-state index is 13.4. The monoisotopic (exact) mass is 321 g/mol. The summed E-state index contributed by atoms with van der Waals surface area (Å²) in [6, 6.07) is 3.59. The molecule has 0 aliphatic heterocycles. The molecule has 0 fully saturated rings. The van der Waals surface area contributed by atoms with Gasteiger partial charge in [0.25, 0.3) is 0 Å². The normalized spacial score (nSPS) is 21.5. The van der Waals surface area contributed by atoms with Crippen molar-refractivity contribution in [3.05, 3.63) is 41.7 Å². The van der Waals surface area contributed by atoms with E-state index in [1.807, 2.05) is 6.08 Å². The average molecular weight is 321 g/mol. The molecule has 2 rings (SSSR count). The number of carbonyl (C=O) groups is 2. The molecular weight excluding hydrogens is 301 g/mol. The van der Waals surface area contributed by atoms with Gasteiger partial charge in [-0.05, 0) is 38.0 Å². The summed E-state index contributed by atoms with van der Waals surface area (Å²) >= 11 is 0. The van der Waals surface area contributed by atoms with Gasteiger partial charge in [-0.3, -0.25) is 9.59 Å². The SMILES string of the molecule is COc1ccc(F)cc1[C@H](C)NC(=O)[C@@H]1CC=CC[C@H]1C(=O)O. The molecule has 23 heavy (non-hydrogen) atoms. The van der Waals surface area contributed by atoms with Crippen LogP contribution < -0.4 is 10.1 Å². The zero-order valence-electron chi connectivity index (χ0n) is 13.1. The minimum Gasteiger partial charge on any atom is -0.496 e. The van der Waals surface area contributed by atoms with E-state index in [9.17, 15) is 19.1 Å². The summed E-state index contributed by atoms with van der Waals surface area (Å²) in [6.07, 6.45) is 4.32. The summed E-state index contributed by atoms with van der Waals surface area (Å²) in [5, 5.41) is 12.0. The lowest BCUT2D eigenvalue weighted by Gasteiger charge is -2.26. The highest BCUT2D eigenvalue weighted by molar-refractivity contribution is 5.85. The highest BCUT2D eigenvalue weighted by Gasteiger charge is 2.34. The fraction of sp³-hybridized carbons (Fsp3) is 0.412. The molecule has 0 saturated carbocycles. The van der Waals surface area contributed by atoms with E-state index in [2.05, 4.69) is 5.32 Å². The Balaban J connectivity index is 2.14. The molecule has 0 heterocycles. The third-order valence-electron chi connectivity index (χ3n) is 4.10. The second-order valence-corrected chi connectivity index (χ2v) is 5.61. The number of methoxy groups -OCH3 is 1. The molecule has 0 saturated heterocycles. The standard InChI is InChI=1S/C17H20FNO4/c1-10(14-9-11(18)7-8-15(14)23-2)19-16(20)12-5-3-4-6-13(12)17(21)22/h3-4,7-10,12-13H,5-6H2,1-2H3,(H,19,20)(H,21,22)/t10-,12+,13+/m0/s1. The highest BCUT2D eigenvalue weighted by atomic mass is 19.1. The third kappa shape index (κ3) is 3.88. The Morgan fingerprint density at radius 1 is 1.30 bits per heavy atom. The fourth-order valence-corrected chi connectivity index (χ4v) is 2.82. The van der Waals surface area contributed by atoms with E-state index < -0.39 is 29.7 Å². The molecule has 0 bridgehead atoms. The van der Waals surface area contributed by atoms with Crippen molar-refractivity contribution < 1.29 is 23.8 Å². The molecule has 6 heteroatoms. The number of hydrogen-bond acceptors (Lipinski definition) is 3. The van der Waals surface area contributed by atoms with Gasteiger partial charge in [0.15, 0.2) is 0 Å². The van der Waals surface area contributed by atoms with E-state index in [0.29, 0.717) is 24.2 Å². The van der Waals surface area contributed by atoms with Gasteiger partial charge in [0.2, 0.25) is 5.91 Å². The summed E-state index contributed by atoms with van der Waals surface area (Å²) < 4.78 is 18.6. The van der Waals surface area contributed by atoms with Crippen molar-refractivity contribution in [3.8, 4) is 5.75 Å². The van der Waals surface area contributed by atoms with Gasteiger partial charge in [0.05, 0.1) is 25.0 Å². The minimum absolute atomic E-state index is 0.338. The van der Waals surface area contributed by atoms with E-state index >= 15 is 0 Å². The van der Waals surface area contributed by atoms with Crippen LogP contribution in [0.15, 0.2) is 30.4 Å². The van der Waals surface area contributed by atoms with E-state index in [0.717, 1.165) is 0 Å². The number of carbonyl (C=O) groups excluding carboxylic acids is 1. The Hall–Kier alpha value is -2.37. The van der Waals surface area contributed by atoms with Crippen molar-refractivity contribution in [2.75, 3.05) is 7.11 Å².